The summed E-state index contributed by atoms with van der Waals surface area (Å²) in [5.41, 5.74) is 4.11. The van der Waals surface area contributed by atoms with E-state index in [1.165, 1.54) is 31.2 Å². The van der Waals surface area contributed by atoms with E-state index in [0.717, 1.165) is 23.0 Å². The molecule has 2 unspecified atom stereocenters. The van der Waals surface area contributed by atoms with Crippen molar-refractivity contribution in [2.75, 3.05) is 0 Å². The highest BCUT2D eigenvalue weighted by atomic mass is 35.5. The molecule has 13 nitrogen and oxygen atoms in total. The molecule has 3 heterocycles. The van der Waals surface area contributed by atoms with E-state index < -0.39 is 61.2 Å². The minimum absolute atomic E-state index is 0.166. The number of carbonyl (C=O) groups is 1. The number of amides is 1. The van der Waals surface area contributed by atoms with Gasteiger partial charge in [0.15, 0.2) is 41.2 Å². The zero-order valence-electron chi connectivity index (χ0n) is 21.5. The second-order valence-electron chi connectivity index (χ2n) is 8.69. The predicted octanol–water partition coefficient (Wildman–Crippen LogP) is 3.37. The Labute approximate surface area is 241 Å². The van der Waals surface area contributed by atoms with Crippen LogP contribution in [0.5, 0.6) is 5.75 Å². The molecule has 3 aromatic heterocycles. The number of carbonyl (C=O) groups excluding carboxylic acids is 1. The standard InChI is InChI=1S/C23H19ClF6N8O5/c1-11(42-20(31)40)17-33-16(34-38(17)19-14(3-2-8-32-19)43-23(28,29)30)10-37-21(41)36(9-15(39)22(25,26)27)18(35-37)12-4-6-13(24)7-5-12/h2-8,11,15,39H,9-10H2,1H3,(H2,31,40). The average Bonchev–Trinajstić information content (AvgIpc) is 3.45. The third kappa shape index (κ3) is 7.41. The number of hydrogen-bond donors (Lipinski definition) is 2. The predicted molar refractivity (Wildman–Crippen MR) is 133 cm³/mol. The van der Waals surface area contributed by atoms with Crippen LogP contribution in [0.4, 0.5) is 31.1 Å². The maximum absolute atomic E-state index is 13.2. The van der Waals surface area contributed by atoms with Gasteiger partial charge in [0.05, 0.1) is 6.54 Å². The van der Waals surface area contributed by atoms with Gasteiger partial charge in [-0.1, -0.05) is 11.6 Å². The lowest BCUT2D eigenvalue weighted by Crippen LogP contribution is -2.37. The Morgan fingerprint density at radius 1 is 1.12 bits per heavy atom. The summed E-state index contributed by atoms with van der Waals surface area (Å²) in [5, 5.41) is 18.1. The fourth-order valence-electron chi connectivity index (χ4n) is 3.76. The van der Waals surface area contributed by atoms with E-state index in [-0.39, 0.29) is 28.1 Å². The first-order valence-corrected chi connectivity index (χ1v) is 12.2. The van der Waals surface area contributed by atoms with Gasteiger partial charge < -0.3 is 20.3 Å². The number of benzene rings is 1. The number of aromatic nitrogens is 7. The molecule has 0 fully saturated rings. The Morgan fingerprint density at radius 3 is 2.40 bits per heavy atom. The van der Waals surface area contributed by atoms with Crippen molar-refractivity contribution < 1.29 is 45.7 Å². The monoisotopic (exact) mass is 636 g/mol. The zero-order valence-corrected chi connectivity index (χ0v) is 22.3. The van der Waals surface area contributed by atoms with Crippen LogP contribution in [0.2, 0.25) is 5.02 Å². The normalized spacial score (nSPS) is 13.5. The van der Waals surface area contributed by atoms with Gasteiger partial charge in [-0.25, -0.2) is 24.2 Å². The lowest BCUT2D eigenvalue weighted by Gasteiger charge is -2.15. The number of nitrogens with two attached hydrogens (primary N) is 1. The van der Waals surface area contributed by atoms with Gasteiger partial charge in [0.1, 0.15) is 6.54 Å². The Balaban J connectivity index is 1.82. The average molecular weight is 637 g/mol. The molecule has 0 aliphatic rings. The number of nitrogens with zero attached hydrogens (tertiary/aromatic N) is 7. The summed E-state index contributed by atoms with van der Waals surface area (Å²) in [6.45, 7) is -0.594. The van der Waals surface area contributed by atoms with E-state index in [4.69, 9.17) is 22.1 Å². The van der Waals surface area contributed by atoms with E-state index in [1.807, 2.05) is 0 Å². The summed E-state index contributed by atoms with van der Waals surface area (Å²) >= 11 is 5.88. The Morgan fingerprint density at radius 2 is 1.79 bits per heavy atom. The summed E-state index contributed by atoms with van der Waals surface area (Å²) in [6, 6.07) is 7.62. The molecule has 0 spiro atoms. The molecular formula is C23H19ClF6N8O5. The Kier molecular flexibility index (Phi) is 8.67. The van der Waals surface area contributed by atoms with E-state index in [1.54, 1.807) is 0 Å². The molecule has 0 bridgehead atoms. The number of pyridine rings is 1. The molecule has 4 rings (SSSR count). The summed E-state index contributed by atoms with van der Waals surface area (Å²) < 4.78 is 89.5. The first-order valence-electron chi connectivity index (χ1n) is 11.8. The van der Waals surface area contributed by atoms with Gasteiger partial charge in [0, 0.05) is 16.8 Å². The number of hydrogen-bond acceptors (Lipinski definition) is 9. The van der Waals surface area contributed by atoms with Crippen LogP contribution in [-0.4, -0.2) is 63.9 Å². The van der Waals surface area contributed by atoms with Crippen molar-refractivity contribution in [2.24, 2.45) is 5.73 Å². The van der Waals surface area contributed by atoms with Crippen molar-refractivity contribution in [3.8, 4) is 23.0 Å². The van der Waals surface area contributed by atoms with Crippen molar-refractivity contribution in [1.82, 2.24) is 34.1 Å². The molecule has 2 atom stereocenters. The van der Waals surface area contributed by atoms with Crippen molar-refractivity contribution in [1.29, 1.82) is 0 Å². The van der Waals surface area contributed by atoms with Gasteiger partial charge >= 0.3 is 24.3 Å². The molecule has 3 N–H and O–H groups in total. The smallest absolute Gasteiger partial charge is 0.438 e. The van der Waals surface area contributed by atoms with Crippen molar-refractivity contribution >= 4 is 17.7 Å². The lowest BCUT2D eigenvalue weighted by molar-refractivity contribution is -0.274. The summed E-state index contributed by atoms with van der Waals surface area (Å²) in [4.78, 5) is 32.5. The number of halogens is 7. The molecule has 20 heteroatoms. The Bertz CT molecular complexity index is 1670. The third-order valence-corrected chi connectivity index (χ3v) is 5.81. The van der Waals surface area contributed by atoms with Crippen LogP contribution in [-0.2, 0) is 17.8 Å². The van der Waals surface area contributed by atoms with Crippen LogP contribution in [0.1, 0.15) is 24.7 Å². The van der Waals surface area contributed by atoms with Gasteiger partial charge in [-0.3, -0.25) is 4.57 Å². The molecule has 230 valence electrons. The minimum atomic E-state index is -5.13. The number of aliphatic hydroxyl groups is 1. The quantitative estimate of drug-likeness (QED) is 0.262. The molecule has 0 saturated heterocycles. The van der Waals surface area contributed by atoms with E-state index in [9.17, 15) is 41.0 Å². The fraction of sp³-hybridized carbons (Fsp3) is 0.304. The van der Waals surface area contributed by atoms with Crippen molar-refractivity contribution in [3.05, 3.63) is 69.8 Å². The topological polar surface area (TPSA) is 165 Å². The van der Waals surface area contributed by atoms with Crippen molar-refractivity contribution in [3.63, 3.8) is 0 Å². The number of ether oxygens (including phenoxy) is 2. The highest BCUT2D eigenvalue weighted by Gasteiger charge is 2.39. The first kappa shape index (κ1) is 31.3. The summed E-state index contributed by atoms with van der Waals surface area (Å²) in [5.74, 6) is -2.25. The van der Waals surface area contributed by atoms with Gasteiger partial charge in [-0.05, 0) is 43.3 Å². The van der Waals surface area contributed by atoms with Crippen LogP contribution < -0.4 is 16.2 Å². The molecule has 0 aliphatic heterocycles. The van der Waals surface area contributed by atoms with Crippen LogP contribution in [0.3, 0.4) is 0 Å². The SMILES string of the molecule is CC(OC(N)=O)c1nc(Cn2nc(-c3ccc(Cl)cc3)n(CC(O)C(F)(F)F)c2=O)nn1-c1ncccc1OC(F)(F)F. The molecule has 0 aliphatic carbocycles. The van der Waals surface area contributed by atoms with E-state index in [2.05, 4.69) is 24.9 Å². The highest BCUT2D eigenvalue weighted by Crippen LogP contribution is 2.30. The number of rotatable bonds is 9. The number of primary amides is 1. The molecule has 0 radical (unpaired) electrons. The zero-order chi connectivity index (χ0) is 31.7. The van der Waals surface area contributed by atoms with Crippen LogP contribution in [0.25, 0.3) is 17.2 Å². The number of alkyl halides is 6. The minimum Gasteiger partial charge on any atom is -0.438 e. The lowest BCUT2D eigenvalue weighted by atomic mass is 10.2. The molecule has 1 amide bonds. The van der Waals surface area contributed by atoms with E-state index >= 15 is 0 Å². The first-order chi connectivity index (χ1) is 20.0. The maximum Gasteiger partial charge on any atom is 0.573 e. The second-order valence-corrected chi connectivity index (χ2v) is 9.13. The van der Waals surface area contributed by atoms with E-state index in [0.29, 0.717) is 9.25 Å². The second kappa shape index (κ2) is 11.9. The molecular weight excluding hydrogens is 618 g/mol. The van der Waals surface area contributed by atoms with Crippen LogP contribution in [0, 0.1) is 0 Å². The fourth-order valence-corrected chi connectivity index (χ4v) is 3.88. The van der Waals surface area contributed by atoms with Crippen LogP contribution in [0.15, 0.2) is 47.4 Å². The third-order valence-electron chi connectivity index (χ3n) is 5.56. The summed E-state index contributed by atoms with van der Waals surface area (Å²) in [7, 11) is 0. The molecule has 0 saturated carbocycles. The summed E-state index contributed by atoms with van der Waals surface area (Å²) in [6.07, 6.45) is -14.6. The molecule has 4 aromatic rings. The van der Waals surface area contributed by atoms with Gasteiger partial charge in [-0.15, -0.1) is 23.4 Å². The van der Waals surface area contributed by atoms with Gasteiger partial charge in [0.2, 0.25) is 0 Å². The van der Waals surface area contributed by atoms with Crippen molar-refractivity contribution in [2.45, 2.75) is 44.8 Å². The Hall–Kier alpha value is -4.65. The van der Waals surface area contributed by atoms with Gasteiger partial charge in [-0.2, -0.15) is 17.9 Å². The largest absolute Gasteiger partial charge is 0.573 e. The number of aliphatic hydroxyl groups excluding tert-OH is 1. The maximum atomic E-state index is 13.2. The van der Waals surface area contributed by atoms with Gasteiger partial charge in [0.25, 0.3) is 0 Å². The molecule has 43 heavy (non-hydrogen) atoms. The van der Waals surface area contributed by atoms with Crippen LogP contribution >= 0.6 is 11.6 Å². The molecule has 1 aromatic carbocycles. The highest BCUT2D eigenvalue weighted by molar-refractivity contribution is 6.30.